The van der Waals surface area contributed by atoms with Gasteiger partial charge in [-0.25, -0.2) is 4.98 Å². The third-order valence-corrected chi connectivity index (χ3v) is 2.61. The van der Waals surface area contributed by atoms with E-state index in [1.165, 1.54) is 17.3 Å². The molecule has 94 valence electrons. The van der Waals surface area contributed by atoms with E-state index in [9.17, 15) is 4.79 Å². The first-order chi connectivity index (χ1) is 8.50. The summed E-state index contributed by atoms with van der Waals surface area (Å²) in [5, 5.41) is 6.63. The van der Waals surface area contributed by atoms with Crippen LogP contribution in [0, 0.1) is 6.92 Å². The number of carbonyl (C=O) groups is 1. The lowest BCUT2D eigenvalue weighted by atomic mass is 10.3. The molecule has 8 heteroatoms. The molecule has 0 spiro atoms. The Labute approximate surface area is 108 Å². The van der Waals surface area contributed by atoms with Gasteiger partial charge in [0.2, 0.25) is 5.76 Å². The van der Waals surface area contributed by atoms with Crippen molar-refractivity contribution in [3.63, 3.8) is 0 Å². The molecule has 0 bridgehead atoms. The van der Waals surface area contributed by atoms with Gasteiger partial charge in [0.1, 0.15) is 10.8 Å². The number of nitrogens with zero attached hydrogens (tertiary/aromatic N) is 3. The van der Waals surface area contributed by atoms with E-state index >= 15 is 0 Å². The summed E-state index contributed by atoms with van der Waals surface area (Å²) in [5.74, 6) is 0.138. The lowest BCUT2D eigenvalue weighted by Crippen LogP contribution is -2.19. The minimum atomic E-state index is -0.425. The molecule has 2 rings (SSSR count). The second-order valence-corrected chi connectivity index (χ2v) is 4.06. The number of carbonyl (C=O) groups excluding carboxylic acids is 1. The second kappa shape index (κ2) is 4.57. The molecule has 1 amide bonds. The summed E-state index contributed by atoms with van der Waals surface area (Å²) in [7, 11) is 1.67. The van der Waals surface area contributed by atoms with Crippen LogP contribution < -0.4 is 11.1 Å². The highest BCUT2D eigenvalue weighted by Crippen LogP contribution is 2.16. The SMILES string of the molecule is Cc1ncoc1C(=O)Nc1c(C(N)=S)cnn1C. The minimum Gasteiger partial charge on any atom is -0.438 e. The average molecular weight is 265 g/mol. The first kappa shape index (κ1) is 12.2. The number of anilines is 1. The van der Waals surface area contributed by atoms with Crippen molar-refractivity contribution in [1.82, 2.24) is 14.8 Å². The smallest absolute Gasteiger partial charge is 0.294 e. The number of aryl methyl sites for hydroxylation is 2. The molecule has 2 aromatic heterocycles. The molecular formula is C10H11N5O2S. The summed E-state index contributed by atoms with van der Waals surface area (Å²) in [6.45, 7) is 1.68. The zero-order valence-electron chi connectivity index (χ0n) is 9.80. The lowest BCUT2D eigenvalue weighted by molar-refractivity contribution is 0.0995. The molecule has 0 saturated heterocycles. The highest BCUT2D eigenvalue weighted by Gasteiger charge is 2.18. The second-order valence-electron chi connectivity index (χ2n) is 3.62. The highest BCUT2D eigenvalue weighted by atomic mass is 32.1. The maximum absolute atomic E-state index is 12.0. The monoisotopic (exact) mass is 265 g/mol. The predicted molar refractivity (Wildman–Crippen MR) is 68.3 cm³/mol. The standard InChI is InChI=1S/C10H11N5O2S/c1-5-7(17-4-12-5)10(16)14-9-6(8(11)18)3-13-15(9)2/h3-4H,1-2H3,(H2,11,18)(H,14,16). The van der Waals surface area contributed by atoms with E-state index in [4.69, 9.17) is 22.4 Å². The van der Waals surface area contributed by atoms with Crippen LogP contribution in [0.1, 0.15) is 21.8 Å². The summed E-state index contributed by atoms with van der Waals surface area (Å²) in [5.41, 5.74) is 6.55. The molecular weight excluding hydrogens is 254 g/mol. The van der Waals surface area contributed by atoms with E-state index in [1.54, 1.807) is 14.0 Å². The van der Waals surface area contributed by atoms with Crippen LogP contribution in [0.2, 0.25) is 0 Å². The van der Waals surface area contributed by atoms with Crippen LogP contribution in [0.5, 0.6) is 0 Å². The van der Waals surface area contributed by atoms with Gasteiger partial charge in [-0.15, -0.1) is 0 Å². The van der Waals surface area contributed by atoms with Crippen molar-refractivity contribution in [2.45, 2.75) is 6.92 Å². The molecule has 0 aliphatic rings. The van der Waals surface area contributed by atoms with E-state index in [1.807, 2.05) is 0 Å². The quantitative estimate of drug-likeness (QED) is 0.789. The number of thiocarbonyl (C=S) groups is 1. The zero-order valence-corrected chi connectivity index (χ0v) is 10.6. The highest BCUT2D eigenvalue weighted by molar-refractivity contribution is 7.80. The first-order valence-corrected chi connectivity index (χ1v) is 5.44. The molecule has 0 atom stereocenters. The minimum absolute atomic E-state index is 0.144. The first-order valence-electron chi connectivity index (χ1n) is 5.04. The molecule has 0 radical (unpaired) electrons. The molecule has 0 aliphatic carbocycles. The molecule has 3 N–H and O–H groups in total. The van der Waals surface area contributed by atoms with Crippen LogP contribution in [0.3, 0.4) is 0 Å². The van der Waals surface area contributed by atoms with Gasteiger partial charge in [-0.3, -0.25) is 9.48 Å². The van der Waals surface area contributed by atoms with E-state index in [0.717, 1.165) is 0 Å². The van der Waals surface area contributed by atoms with E-state index in [2.05, 4.69) is 15.4 Å². The topological polar surface area (TPSA) is 99.0 Å². The maximum Gasteiger partial charge on any atom is 0.294 e. The lowest BCUT2D eigenvalue weighted by Gasteiger charge is -2.06. The zero-order chi connectivity index (χ0) is 13.3. The summed E-state index contributed by atoms with van der Waals surface area (Å²) >= 11 is 4.88. The van der Waals surface area contributed by atoms with Crippen molar-refractivity contribution in [2.24, 2.45) is 12.8 Å². The Morgan fingerprint density at radius 3 is 2.89 bits per heavy atom. The van der Waals surface area contributed by atoms with Crippen LogP contribution in [0.15, 0.2) is 17.0 Å². The van der Waals surface area contributed by atoms with Gasteiger partial charge in [-0.1, -0.05) is 12.2 Å². The van der Waals surface area contributed by atoms with E-state index in [-0.39, 0.29) is 10.7 Å². The van der Waals surface area contributed by atoms with Gasteiger partial charge in [-0.2, -0.15) is 5.10 Å². The third kappa shape index (κ3) is 2.09. The number of rotatable bonds is 3. The Morgan fingerprint density at radius 1 is 1.61 bits per heavy atom. The molecule has 0 aromatic carbocycles. The summed E-state index contributed by atoms with van der Waals surface area (Å²) in [6.07, 6.45) is 2.70. The number of amides is 1. The van der Waals surface area contributed by atoms with Crippen molar-refractivity contribution >= 4 is 28.9 Å². The number of aromatic nitrogens is 3. The molecule has 0 fully saturated rings. The fourth-order valence-corrected chi connectivity index (χ4v) is 1.60. The third-order valence-electron chi connectivity index (χ3n) is 2.39. The van der Waals surface area contributed by atoms with E-state index < -0.39 is 5.91 Å². The number of oxazole rings is 1. The molecule has 7 nitrogen and oxygen atoms in total. The summed E-state index contributed by atoms with van der Waals surface area (Å²) in [4.78, 5) is 16.0. The largest absolute Gasteiger partial charge is 0.438 e. The molecule has 0 saturated carbocycles. The van der Waals surface area contributed by atoms with Crippen molar-refractivity contribution in [1.29, 1.82) is 0 Å². The fourth-order valence-electron chi connectivity index (χ4n) is 1.45. The summed E-state index contributed by atoms with van der Waals surface area (Å²) in [6, 6.07) is 0. The van der Waals surface area contributed by atoms with Gasteiger partial charge in [-0.05, 0) is 6.92 Å². The Balaban J connectivity index is 2.30. The molecule has 18 heavy (non-hydrogen) atoms. The van der Waals surface area contributed by atoms with Crippen LogP contribution in [0.4, 0.5) is 5.82 Å². The van der Waals surface area contributed by atoms with Crippen molar-refractivity contribution in [3.8, 4) is 0 Å². The Kier molecular flexibility index (Phi) is 3.11. The molecule has 2 aromatic rings. The van der Waals surface area contributed by atoms with Gasteiger partial charge < -0.3 is 15.5 Å². The number of hydrogen-bond acceptors (Lipinski definition) is 5. The van der Waals surface area contributed by atoms with Crippen molar-refractivity contribution in [3.05, 3.63) is 29.6 Å². The van der Waals surface area contributed by atoms with Crippen LogP contribution in [-0.4, -0.2) is 25.7 Å². The van der Waals surface area contributed by atoms with Crippen molar-refractivity contribution in [2.75, 3.05) is 5.32 Å². The number of hydrogen-bond donors (Lipinski definition) is 2. The maximum atomic E-state index is 12.0. The van der Waals surface area contributed by atoms with Crippen LogP contribution in [-0.2, 0) is 7.05 Å². The van der Waals surface area contributed by atoms with Gasteiger partial charge in [0.15, 0.2) is 6.39 Å². The predicted octanol–water partition coefficient (Wildman–Crippen LogP) is 0.603. The van der Waals surface area contributed by atoms with Crippen LogP contribution >= 0.6 is 12.2 Å². The molecule has 2 heterocycles. The normalized spacial score (nSPS) is 10.3. The Bertz CT molecular complexity index is 616. The summed E-state index contributed by atoms with van der Waals surface area (Å²) < 4.78 is 6.47. The Morgan fingerprint density at radius 2 is 2.33 bits per heavy atom. The number of nitrogens with one attached hydrogen (secondary N) is 1. The molecule has 0 unspecified atom stereocenters. The average Bonchev–Trinajstić information content (AvgIpc) is 2.86. The molecule has 0 aliphatic heterocycles. The number of nitrogens with two attached hydrogens (primary N) is 1. The fraction of sp³-hybridized carbons (Fsp3) is 0.200. The van der Waals surface area contributed by atoms with E-state index in [0.29, 0.717) is 17.1 Å². The van der Waals surface area contributed by atoms with Gasteiger partial charge in [0.25, 0.3) is 5.91 Å². The van der Waals surface area contributed by atoms with Gasteiger partial charge >= 0.3 is 0 Å². The Hall–Kier alpha value is -2.22. The van der Waals surface area contributed by atoms with Crippen LogP contribution in [0.25, 0.3) is 0 Å². The van der Waals surface area contributed by atoms with Gasteiger partial charge in [0.05, 0.1) is 17.5 Å². The van der Waals surface area contributed by atoms with Gasteiger partial charge in [0, 0.05) is 7.05 Å². The van der Waals surface area contributed by atoms with Crippen molar-refractivity contribution < 1.29 is 9.21 Å².